The Labute approximate surface area is 140 Å². The van der Waals surface area contributed by atoms with E-state index >= 15 is 0 Å². The Morgan fingerprint density at radius 1 is 1.25 bits per heavy atom. The molecule has 6 heteroatoms. The number of methoxy groups -OCH3 is 1. The van der Waals surface area contributed by atoms with Crippen molar-refractivity contribution in [1.29, 1.82) is 0 Å². The maximum atomic E-state index is 11.9. The van der Waals surface area contributed by atoms with Gasteiger partial charge in [0.15, 0.2) is 0 Å². The molecule has 0 saturated carbocycles. The molecule has 24 heavy (non-hydrogen) atoms. The van der Waals surface area contributed by atoms with E-state index in [1.807, 2.05) is 18.2 Å². The Kier molecular flexibility index (Phi) is 5.08. The topological polar surface area (TPSA) is 79.0 Å². The predicted molar refractivity (Wildman–Crippen MR) is 94.1 cm³/mol. The molecular formula is C18H20N4O2. The molecule has 0 radical (unpaired) electrons. The number of hydrogen-bond acceptors (Lipinski definition) is 4. The molecule has 2 aromatic heterocycles. The average molecular weight is 324 g/mol. The maximum Gasteiger partial charge on any atom is 0.252 e. The third kappa shape index (κ3) is 3.91. The van der Waals surface area contributed by atoms with E-state index in [2.05, 4.69) is 32.7 Å². The number of benzene rings is 1. The summed E-state index contributed by atoms with van der Waals surface area (Å²) in [5, 5.41) is 7.19. The van der Waals surface area contributed by atoms with Crippen molar-refractivity contribution in [3.8, 4) is 0 Å². The Morgan fingerprint density at radius 3 is 2.88 bits per heavy atom. The molecule has 0 saturated heterocycles. The number of aromatic nitrogens is 2. The average Bonchev–Trinajstić information content (AvgIpc) is 3.03. The molecule has 1 amide bonds. The summed E-state index contributed by atoms with van der Waals surface area (Å²) in [6, 6.07) is 13.8. The zero-order valence-corrected chi connectivity index (χ0v) is 13.5. The number of H-pyrrole nitrogens is 1. The number of amides is 1. The number of carbonyl (C=O) groups is 1. The van der Waals surface area contributed by atoms with Gasteiger partial charge in [0.2, 0.25) is 0 Å². The highest BCUT2D eigenvalue weighted by molar-refractivity contribution is 5.94. The Morgan fingerprint density at radius 2 is 2.12 bits per heavy atom. The summed E-state index contributed by atoms with van der Waals surface area (Å²) in [5.41, 5.74) is 2.73. The van der Waals surface area contributed by atoms with Crippen molar-refractivity contribution in [3.63, 3.8) is 0 Å². The van der Waals surface area contributed by atoms with Gasteiger partial charge in [-0.05, 0) is 29.7 Å². The van der Waals surface area contributed by atoms with Crippen LogP contribution in [0, 0.1) is 0 Å². The number of para-hydroxylation sites is 1. The van der Waals surface area contributed by atoms with Gasteiger partial charge in [-0.15, -0.1) is 0 Å². The summed E-state index contributed by atoms with van der Waals surface area (Å²) in [6.45, 7) is 1.61. The minimum Gasteiger partial charge on any atom is -0.383 e. The molecule has 0 unspecified atom stereocenters. The number of ether oxygens (including phenoxy) is 1. The molecule has 3 rings (SSSR count). The van der Waals surface area contributed by atoms with Crippen LogP contribution >= 0.6 is 0 Å². The summed E-state index contributed by atoms with van der Waals surface area (Å²) in [7, 11) is 1.60. The lowest BCUT2D eigenvalue weighted by atomic mass is 10.2. The normalized spacial score (nSPS) is 10.7. The van der Waals surface area contributed by atoms with Crippen molar-refractivity contribution < 1.29 is 9.53 Å². The van der Waals surface area contributed by atoms with Crippen molar-refractivity contribution in [2.75, 3.05) is 25.6 Å². The minimum atomic E-state index is -0.151. The lowest BCUT2D eigenvalue weighted by Crippen LogP contribution is -2.27. The highest BCUT2D eigenvalue weighted by Crippen LogP contribution is 2.15. The number of nitrogens with zero attached hydrogens (tertiary/aromatic N) is 1. The van der Waals surface area contributed by atoms with Crippen LogP contribution in [0.4, 0.5) is 5.82 Å². The van der Waals surface area contributed by atoms with Gasteiger partial charge in [-0.1, -0.05) is 18.2 Å². The van der Waals surface area contributed by atoms with Gasteiger partial charge in [0.05, 0.1) is 18.7 Å². The van der Waals surface area contributed by atoms with Crippen molar-refractivity contribution in [3.05, 3.63) is 59.9 Å². The summed E-state index contributed by atoms with van der Waals surface area (Å²) in [6.07, 6.45) is 1.57. The zero-order chi connectivity index (χ0) is 16.8. The number of hydrogen-bond donors (Lipinski definition) is 3. The third-order valence-electron chi connectivity index (χ3n) is 3.66. The van der Waals surface area contributed by atoms with E-state index in [4.69, 9.17) is 4.74 Å². The lowest BCUT2D eigenvalue weighted by molar-refractivity contribution is 0.0937. The molecule has 0 atom stereocenters. The van der Waals surface area contributed by atoms with Crippen LogP contribution in [0.15, 0.2) is 48.7 Å². The van der Waals surface area contributed by atoms with E-state index in [1.54, 1.807) is 25.4 Å². The molecule has 0 fully saturated rings. The monoisotopic (exact) mass is 324 g/mol. The molecule has 6 nitrogen and oxygen atoms in total. The van der Waals surface area contributed by atoms with Crippen LogP contribution in [0.1, 0.15) is 16.1 Å². The highest BCUT2D eigenvalue weighted by Gasteiger charge is 2.06. The van der Waals surface area contributed by atoms with Gasteiger partial charge in [-0.3, -0.25) is 4.79 Å². The van der Waals surface area contributed by atoms with E-state index in [1.165, 1.54) is 5.39 Å². The SMILES string of the molecule is COCCNC(=O)c1ccc(NCc2cc3ccccc3[nH]2)nc1. The molecule has 2 heterocycles. The van der Waals surface area contributed by atoms with Crippen LogP contribution < -0.4 is 10.6 Å². The highest BCUT2D eigenvalue weighted by atomic mass is 16.5. The van der Waals surface area contributed by atoms with Gasteiger partial charge in [0, 0.05) is 31.1 Å². The first-order valence-electron chi connectivity index (χ1n) is 7.80. The van der Waals surface area contributed by atoms with Crippen LogP contribution in [-0.4, -0.2) is 36.1 Å². The molecular weight excluding hydrogens is 304 g/mol. The lowest BCUT2D eigenvalue weighted by Gasteiger charge is -2.06. The standard InChI is InChI=1S/C18H20N4O2/c1-24-9-8-19-18(23)14-6-7-17(20-11-14)21-12-15-10-13-4-2-3-5-16(13)22-15/h2-7,10-11,22H,8-9,12H2,1H3,(H,19,23)(H,20,21). The number of nitrogens with one attached hydrogen (secondary N) is 3. The van der Waals surface area contributed by atoms with E-state index in [-0.39, 0.29) is 5.91 Å². The van der Waals surface area contributed by atoms with Crippen LogP contribution in [0.3, 0.4) is 0 Å². The van der Waals surface area contributed by atoms with Crippen molar-refractivity contribution in [2.24, 2.45) is 0 Å². The van der Waals surface area contributed by atoms with E-state index in [0.717, 1.165) is 17.0 Å². The van der Waals surface area contributed by atoms with Crippen LogP contribution in [-0.2, 0) is 11.3 Å². The minimum absolute atomic E-state index is 0.151. The molecule has 124 valence electrons. The van der Waals surface area contributed by atoms with E-state index in [0.29, 0.717) is 25.3 Å². The Hall–Kier alpha value is -2.86. The van der Waals surface area contributed by atoms with Gasteiger partial charge in [0.1, 0.15) is 5.82 Å². The van der Waals surface area contributed by atoms with Gasteiger partial charge in [-0.2, -0.15) is 0 Å². The first kappa shape index (κ1) is 16.0. The molecule has 0 aliphatic rings. The molecule has 3 N–H and O–H groups in total. The van der Waals surface area contributed by atoms with Crippen molar-refractivity contribution in [2.45, 2.75) is 6.54 Å². The van der Waals surface area contributed by atoms with Crippen LogP contribution in [0.25, 0.3) is 10.9 Å². The summed E-state index contributed by atoms with van der Waals surface area (Å²) in [5.74, 6) is 0.573. The molecule has 0 spiro atoms. The van der Waals surface area contributed by atoms with Crippen LogP contribution in [0.2, 0.25) is 0 Å². The van der Waals surface area contributed by atoms with Crippen molar-refractivity contribution in [1.82, 2.24) is 15.3 Å². The largest absolute Gasteiger partial charge is 0.383 e. The molecule has 1 aromatic carbocycles. The summed E-state index contributed by atoms with van der Waals surface area (Å²) < 4.78 is 4.90. The second kappa shape index (κ2) is 7.61. The fraction of sp³-hybridized carbons (Fsp3) is 0.222. The second-order valence-electron chi connectivity index (χ2n) is 5.42. The quantitative estimate of drug-likeness (QED) is 0.584. The van der Waals surface area contributed by atoms with E-state index < -0.39 is 0 Å². The number of pyridine rings is 1. The van der Waals surface area contributed by atoms with Crippen molar-refractivity contribution >= 4 is 22.6 Å². The van der Waals surface area contributed by atoms with Gasteiger partial charge in [-0.25, -0.2) is 4.98 Å². The molecule has 3 aromatic rings. The fourth-order valence-electron chi connectivity index (χ4n) is 2.42. The zero-order valence-electron chi connectivity index (χ0n) is 13.5. The van der Waals surface area contributed by atoms with Crippen LogP contribution in [0.5, 0.6) is 0 Å². The van der Waals surface area contributed by atoms with Gasteiger partial charge < -0.3 is 20.4 Å². The second-order valence-corrected chi connectivity index (χ2v) is 5.42. The molecule has 0 aliphatic heterocycles. The summed E-state index contributed by atoms with van der Waals surface area (Å²) >= 11 is 0. The molecule has 0 bridgehead atoms. The predicted octanol–water partition coefficient (Wildman–Crippen LogP) is 2.55. The smallest absolute Gasteiger partial charge is 0.252 e. The maximum absolute atomic E-state index is 11.9. The number of aromatic amines is 1. The Balaban J connectivity index is 1.56. The van der Waals surface area contributed by atoms with E-state index in [9.17, 15) is 4.79 Å². The summed E-state index contributed by atoms with van der Waals surface area (Å²) in [4.78, 5) is 19.5. The number of fused-ring (bicyclic) bond motifs is 1. The Bertz CT molecular complexity index is 778. The molecule has 0 aliphatic carbocycles. The number of rotatable bonds is 7. The number of carbonyl (C=O) groups excluding carboxylic acids is 1. The van der Waals surface area contributed by atoms with Gasteiger partial charge in [0.25, 0.3) is 5.91 Å². The first-order chi connectivity index (χ1) is 11.8. The number of anilines is 1. The van der Waals surface area contributed by atoms with Gasteiger partial charge >= 0.3 is 0 Å². The first-order valence-corrected chi connectivity index (χ1v) is 7.80. The third-order valence-corrected chi connectivity index (χ3v) is 3.66. The fourth-order valence-corrected chi connectivity index (χ4v) is 2.42.